The van der Waals surface area contributed by atoms with Crippen molar-refractivity contribution >= 4 is 33.5 Å². The van der Waals surface area contributed by atoms with Gasteiger partial charge in [0, 0.05) is 16.1 Å². The zero-order valence-corrected chi connectivity index (χ0v) is 14.9. The maximum atomic E-state index is 6.02. The minimum absolute atomic E-state index is 0.260. The molecule has 0 radical (unpaired) electrons. The van der Waals surface area contributed by atoms with E-state index in [2.05, 4.69) is 24.3 Å². The van der Waals surface area contributed by atoms with Crippen molar-refractivity contribution in [2.75, 3.05) is 0 Å². The molecule has 122 valence electrons. The smallest absolute Gasteiger partial charge is 0.167 e. The van der Waals surface area contributed by atoms with E-state index in [0.717, 1.165) is 26.8 Å². The molecule has 0 aliphatic carbocycles. The van der Waals surface area contributed by atoms with E-state index in [-0.39, 0.29) is 6.17 Å². The second kappa shape index (κ2) is 7.26. The molecule has 1 aliphatic rings. The van der Waals surface area contributed by atoms with Crippen molar-refractivity contribution in [2.24, 2.45) is 9.98 Å². The summed E-state index contributed by atoms with van der Waals surface area (Å²) in [6, 6.07) is 28.2. The lowest BCUT2D eigenvalue weighted by Crippen LogP contribution is -2.12. The van der Waals surface area contributed by atoms with Crippen LogP contribution in [0, 0.1) is 0 Å². The van der Waals surface area contributed by atoms with Crippen LogP contribution in [0.15, 0.2) is 94.9 Å². The maximum Gasteiger partial charge on any atom is 0.167 e. The lowest BCUT2D eigenvalue weighted by Gasteiger charge is -2.20. The Morgan fingerprint density at radius 1 is 0.640 bits per heavy atom. The van der Waals surface area contributed by atoms with Crippen molar-refractivity contribution in [1.82, 2.24) is 0 Å². The Hall–Kier alpha value is -2.36. The molecule has 2 nitrogen and oxygen atoms in total. The van der Waals surface area contributed by atoms with Gasteiger partial charge >= 0.3 is 0 Å². The number of halogens is 1. The third kappa shape index (κ3) is 3.68. The number of hydrogen-bond acceptors (Lipinski definition) is 3. The SMILES string of the molecule is Clc1ccc(C2N=C(c3ccccc3)SC(c3ccccc3)=N2)cc1. The highest BCUT2D eigenvalue weighted by atomic mass is 35.5. The Kier molecular flexibility index (Phi) is 4.68. The van der Waals surface area contributed by atoms with Gasteiger partial charge in [-0.1, -0.05) is 84.4 Å². The van der Waals surface area contributed by atoms with E-state index in [1.165, 1.54) is 0 Å². The first kappa shape index (κ1) is 16.1. The quantitative estimate of drug-likeness (QED) is 0.562. The molecule has 0 amide bonds. The summed E-state index contributed by atoms with van der Waals surface area (Å²) in [6.45, 7) is 0. The van der Waals surface area contributed by atoms with Gasteiger partial charge in [-0.2, -0.15) is 0 Å². The largest absolute Gasteiger partial charge is 0.246 e. The zero-order chi connectivity index (χ0) is 17.1. The number of nitrogens with zero attached hydrogens (tertiary/aromatic N) is 2. The first-order valence-corrected chi connectivity index (χ1v) is 9.19. The van der Waals surface area contributed by atoms with Crippen molar-refractivity contribution in [3.05, 3.63) is 107 Å². The summed E-state index contributed by atoms with van der Waals surface area (Å²) in [4.78, 5) is 9.75. The molecule has 0 bridgehead atoms. The second-order valence-corrected chi connectivity index (χ2v) is 7.04. The Morgan fingerprint density at radius 2 is 1.12 bits per heavy atom. The summed E-state index contributed by atoms with van der Waals surface area (Å²) in [6.07, 6.45) is -0.260. The standard InChI is InChI=1S/C21H15ClN2S/c22-18-13-11-15(12-14-18)19-23-20(16-7-3-1-4-8-16)25-21(24-19)17-9-5-2-6-10-17/h1-14,19H. The fourth-order valence-electron chi connectivity index (χ4n) is 2.61. The average Bonchev–Trinajstić information content (AvgIpc) is 2.69. The minimum Gasteiger partial charge on any atom is -0.246 e. The normalized spacial score (nSPS) is 14.8. The molecular weight excluding hydrogens is 348 g/mol. The zero-order valence-electron chi connectivity index (χ0n) is 13.3. The van der Waals surface area contributed by atoms with Crippen LogP contribution in [0.25, 0.3) is 0 Å². The highest BCUT2D eigenvalue weighted by molar-refractivity contribution is 8.27. The minimum atomic E-state index is -0.260. The van der Waals surface area contributed by atoms with E-state index in [4.69, 9.17) is 21.6 Å². The van der Waals surface area contributed by atoms with Crippen molar-refractivity contribution in [2.45, 2.75) is 6.17 Å². The van der Waals surface area contributed by atoms with Gasteiger partial charge in [-0.3, -0.25) is 0 Å². The molecule has 4 rings (SSSR count). The molecule has 0 aromatic heterocycles. The van der Waals surface area contributed by atoms with E-state index in [1.54, 1.807) is 11.8 Å². The number of rotatable bonds is 3. The molecule has 0 unspecified atom stereocenters. The van der Waals surface area contributed by atoms with Crippen LogP contribution in [0.5, 0.6) is 0 Å². The van der Waals surface area contributed by atoms with E-state index in [9.17, 15) is 0 Å². The number of aliphatic imine (C=N–C) groups is 2. The topological polar surface area (TPSA) is 24.7 Å². The predicted octanol–water partition coefficient (Wildman–Crippen LogP) is 5.98. The molecular formula is C21H15ClN2S. The Morgan fingerprint density at radius 3 is 1.60 bits per heavy atom. The van der Waals surface area contributed by atoms with Crippen LogP contribution >= 0.6 is 23.4 Å². The van der Waals surface area contributed by atoms with E-state index < -0.39 is 0 Å². The van der Waals surface area contributed by atoms with Crippen LogP contribution in [0.2, 0.25) is 5.02 Å². The highest BCUT2D eigenvalue weighted by Crippen LogP contribution is 2.32. The van der Waals surface area contributed by atoms with Crippen molar-refractivity contribution in [3.63, 3.8) is 0 Å². The second-order valence-electron chi connectivity index (χ2n) is 5.63. The summed E-state index contributed by atoms with van der Waals surface area (Å²) in [5.74, 6) is 0. The number of thioether (sulfide) groups is 1. The van der Waals surface area contributed by atoms with Crippen LogP contribution in [0.3, 0.4) is 0 Å². The van der Waals surface area contributed by atoms with Gasteiger partial charge in [-0.25, -0.2) is 9.98 Å². The predicted molar refractivity (Wildman–Crippen MR) is 108 cm³/mol. The van der Waals surface area contributed by atoms with Gasteiger partial charge in [0.15, 0.2) is 6.17 Å². The lowest BCUT2D eigenvalue weighted by molar-refractivity contribution is 0.783. The summed E-state index contributed by atoms with van der Waals surface area (Å²) in [5.41, 5.74) is 3.25. The summed E-state index contributed by atoms with van der Waals surface area (Å²) >= 11 is 7.64. The summed E-state index contributed by atoms with van der Waals surface area (Å²) < 4.78 is 0. The molecule has 0 atom stereocenters. The molecule has 0 fully saturated rings. The molecule has 1 heterocycles. The maximum absolute atomic E-state index is 6.02. The Bertz CT molecular complexity index is 864. The molecule has 0 saturated heterocycles. The molecule has 0 saturated carbocycles. The van der Waals surface area contributed by atoms with Gasteiger partial charge < -0.3 is 0 Å². The fraction of sp³-hybridized carbons (Fsp3) is 0.0476. The Labute approximate surface area is 156 Å². The van der Waals surface area contributed by atoms with Crippen molar-refractivity contribution < 1.29 is 0 Å². The van der Waals surface area contributed by atoms with Gasteiger partial charge in [0.2, 0.25) is 0 Å². The first-order valence-electron chi connectivity index (χ1n) is 7.99. The average molecular weight is 363 g/mol. The fourth-order valence-corrected chi connectivity index (χ4v) is 3.73. The molecule has 3 aromatic carbocycles. The van der Waals surface area contributed by atoms with Crippen molar-refractivity contribution in [1.29, 1.82) is 0 Å². The van der Waals surface area contributed by atoms with Gasteiger partial charge in [-0.15, -0.1) is 0 Å². The molecule has 0 spiro atoms. The van der Waals surface area contributed by atoms with Crippen LogP contribution in [0.1, 0.15) is 22.9 Å². The molecule has 4 heteroatoms. The first-order chi connectivity index (χ1) is 12.3. The third-order valence-electron chi connectivity index (χ3n) is 3.88. The van der Waals surface area contributed by atoms with Crippen LogP contribution in [-0.2, 0) is 0 Å². The van der Waals surface area contributed by atoms with E-state index >= 15 is 0 Å². The van der Waals surface area contributed by atoms with Crippen LogP contribution in [0.4, 0.5) is 0 Å². The number of hydrogen-bond donors (Lipinski definition) is 0. The van der Waals surface area contributed by atoms with E-state index in [1.807, 2.05) is 60.7 Å². The highest BCUT2D eigenvalue weighted by Gasteiger charge is 2.21. The number of benzene rings is 3. The van der Waals surface area contributed by atoms with Gasteiger partial charge in [-0.05, 0) is 29.5 Å². The summed E-state index contributed by atoms with van der Waals surface area (Å²) in [7, 11) is 0. The molecule has 25 heavy (non-hydrogen) atoms. The van der Waals surface area contributed by atoms with Crippen molar-refractivity contribution in [3.8, 4) is 0 Å². The van der Waals surface area contributed by atoms with E-state index in [0.29, 0.717) is 5.02 Å². The van der Waals surface area contributed by atoms with Gasteiger partial charge in [0.05, 0.1) is 0 Å². The molecule has 3 aromatic rings. The molecule has 0 N–H and O–H groups in total. The monoisotopic (exact) mass is 362 g/mol. The van der Waals surface area contributed by atoms with Crippen LogP contribution < -0.4 is 0 Å². The van der Waals surface area contributed by atoms with Gasteiger partial charge in [0.25, 0.3) is 0 Å². The lowest BCUT2D eigenvalue weighted by atomic mass is 10.1. The van der Waals surface area contributed by atoms with Crippen LogP contribution in [-0.4, -0.2) is 10.1 Å². The summed E-state index contributed by atoms with van der Waals surface area (Å²) in [5, 5.41) is 2.68. The molecule has 1 aliphatic heterocycles. The Balaban J connectivity index is 1.78. The van der Waals surface area contributed by atoms with Gasteiger partial charge in [0.1, 0.15) is 10.1 Å². The third-order valence-corrected chi connectivity index (χ3v) is 5.20.